The summed E-state index contributed by atoms with van der Waals surface area (Å²) < 4.78 is 34.4. The summed E-state index contributed by atoms with van der Waals surface area (Å²) in [4.78, 5) is 35.5. The number of ether oxygens (including phenoxy) is 2. The molecule has 0 radical (unpaired) electrons. The van der Waals surface area contributed by atoms with E-state index in [2.05, 4.69) is 111 Å². The van der Waals surface area contributed by atoms with Crippen LogP contribution < -0.4 is 0 Å². The average molecular weight is 1040 g/mol. The number of phosphoric acid groups is 1. The molecule has 0 aromatic heterocycles. The molecular weight excluding hydrogens is 930 g/mol. The molecule has 0 rings (SSSR count). The van der Waals surface area contributed by atoms with Gasteiger partial charge in [0.1, 0.15) is 19.8 Å². The fourth-order valence-corrected chi connectivity index (χ4v) is 8.56. The molecule has 0 aliphatic carbocycles. The third-order valence-corrected chi connectivity index (χ3v) is 13.3. The Balaban J connectivity index is 3.94. The van der Waals surface area contributed by atoms with Crippen LogP contribution in [-0.4, -0.2) is 74.9 Å². The molecule has 0 aromatic carbocycles. The van der Waals surface area contributed by atoms with Crippen LogP contribution in [0.1, 0.15) is 239 Å². The second-order valence-corrected chi connectivity index (χ2v) is 22.1. The number of hydrogen-bond donors (Lipinski definition) is 1. The van der Waals surface area contributed by atoms with Gasteiger partial charge in [-0.15, -0.1) is 0 Å². The fraction of sp³-hybridized carbons (Fsp3) is 0.714. The average Bonchev–Trinajstić information content (AvgIpc) is 3.35. The van der Waals surface area contributed by atoms with Gasteiger partial charge in [0.05, 0.1) is 27.7 Å². The number of hydrogen-bond acceptors (Lipinski definition) is 7. The van der Waals surface area contributed by atoms with Crippen molar-refractivity contribution in [1.82, 2.24) is 0 Å². The van der Waals surface area contributed by atoms with Crippen molar-refractivity contribution in [3.05, 3.63) is 97.2 Å². The van der Waals surface area contributed by atoms with Crippen LogP contribution in [0.3, 0.4) is 0 Å². The summed E-state index contributed by atoms with van der Waals surface area (Å²) in [6, 6.07) is 0. The summed E-state index contributed by atoms with van der Waals surface area (Å²) in [5.41, 5.74) is 0. The molecule has 0 saturated heterocycles. The first-order valence-corrected chi connectivity index (χ1v) is 31.0. The number of carbonyl (C=O) groups is 2. The number of likely N-dealkylation sites (N-methyl/N-ethyl adjacent to an activating group) is 1. The van der Waals surface area contributed by atoms with Gasteiger partial charge in [-0.1, -0.05) is 233 Å². The third kappa shape index (κ3) is 58.1. The summed E-state index contributed by atoms with van der Waals surface area (Å²) in [5, 5.41) is 0. The number of esters is 2. The van der Waals surface area contributed by atoms with E-state index in [9.17, 15) is 19.0 Å². The molecule has 2 atom stereocenters. The van der Waals surface area contributed by atoms with Crippen molar-refractivity contribution < 1.29 is 42.1 Å². The highest BCUT2D eigenvalue weighted by atomic mass is 31.2. The zero-order valence-electron chi connectivity index (χ0n) is 47.6. The Bertz CT molecular complexity index is 1550. The highest BCUT2D eigenvalue weighted by Gasteiger charge is 2.27. The number of nitrogens with zero attached hydrogens (tertiary/aromatic N) is 1. The normalized spacial score (nSPS) is 14.0. The van der Waals surface area contributed by atoms with Crippen LogP contribution >= 0.6 is 7.82 Å². The lowest BCUT2D eigenvalue weighted by Crippen LogP contribution is -2.37. The summed E-state index contributed by atoms with van der Waals surface area (Å²) in [6.07, 6.45) is 73.7. The standard InChI is InChI=1S/C63H110NO8P/c1-6-8-10-12-14-16-18-19-20-21-22-23-24-25-26-27-28-29-30-31-32-33-34-35-36-37-38-39-40-41-42-43-44-45-46-48-50-52-54-56-63(66)72-61(60-71-73(67,68)70-58-57-64(3,4)5)59-69-62(65)55-53-51-49-47-17-15-13-11-9-7-2/h8,10-11,13-14,16,19-20,22-23,25-26,28-29,31-32,61H,6-7,9,12,15,17-18,21,24,27,30,33-60H2,1-5H3/p+1/b10-8-,13-11-,16-14-,20-19-,23-22-,26-25-,29-28-,32-31-. The first kappa shape index (κ1) is 69.9. The lowest BCUT2D eigenvalue weighted by atomic mass is 10.0. The van der Waals surface area contributed by atoms with Crippen LogP contribution in [0.4, 0.5) is 0 Å². The number of carbonyl (C=O) groups excluding carboxylic acids is 2. The Morgan fingerprint density at radius 3 is 1.18 bits per heavy atom. The number of phosphoric ester groups is 1. The molecule has 0 aromatic rings. The lowest BCUT2D eigenvalue weighted by molar-refractivity contribution is -0.870. The van der Waals surface area contributed by atoms with E-state index >= 15 is 0 Å². The SMILES string of the molecule is CC/C=C\C/C=C\C/C=C\C/C=C\C/C=C\C/C=C\C/C=C\CCCCCCCCCCCCCCCCCCCC(=O)OC(COC(=O)CCCCCCC/C=C\CCC)COP(=O)(O)OCC[N+](C)(C)C. The zero-order valence-corrected chi connectivity index (χ0v) is 48.5. The summed E-state index contributed by atoms with van der Waals surface area (Å²) in [7, 11) is 1.47. The van der Waals surface area contributed by atoms with Crippen molar-refractivity contribution >= 4 is 19.8 Å². The first-order chi connectivity index (χ1) is 35.5. The Hall–Kier alpha value is -3.07. The summed E-state index contributed by atoms with van der Waals surface area (Å²) in [5.74, 6) is -0.810. The monoisotopic (exact) mass is 1040 g/mol. The molecule has 0 spiro atoms. The molecule has 0 amide bonds. The molecule has 0 fully saturated rings. The molecule has 0 aliphatic heterocycles. The van der Waals surface area contributed by atoms with Gasteiger partial charge >= 0.3 is 19.8 Å². The van der Waals surface area contributed by atoms with Crippen molar-refractivity contribution in [3.63, 3.8) is 0 Å². The predicted octanol–water partition coefficient (Wildman–Crippen LogP) is 18.4. The Labute approximate surface area is 449 Å². The van der Waals surface area contributed by atoms with E-state index in [1.165, 1.54) is 103 Å². The largest absolute Gasteiger partial charge is 0.472 e. The molecule has 9 nitrogen and oxygen atoms in total. The summed E-state index contributed by atoms with van der Waals surface area (Å²) in [6.45, 7) is 4.24. The minimum Gasteiger partial charge on any atom is -0.462 e. The number of rotatable bonds is 53. The second kappa shape index (κ2) is 53.7. The van der Waals surface area contributed by atoms with E-state index in [1.807, 2.05) is 21.1 Å². The van der Waals surface area contributed by atoms with Crippen molar-refractivity contribution in [3.8, 4) is 0 Å². The third-order valence-electron chi connectivity index (χ3n) is 12.3. The van der Waals surface area contributed by atoms with Crippen LogP contribution in [0.2, 0.25) is 0 Å². The minimum absolute atomic E-state index is 0.0284. The molecule has 0 heterocycles. The van der Waals surface area contributed by atoms with E-state index < -0.39 is 26.5 Å². The number of allylic oxidation sites excluding steroid dienone is 16. The highest BCUT2D eigenvalue weighted by Crippen LogP contribution is 2.43. The van der Waals surface area contributed by atoms with Crippen LogP contribution in [-0.2, 0) is 32.7 Å². The smallest absolute Gasteiger partial charge is 0.462 e. The number of quaternary nitrogens is 1. The van der Waals surface area contributed by atoms with Crippen LogP contribution in [0, 0.1) is 0 Å². The van der Waals surface area contributed by atoms with Crippen LogP contribution in [0.25, 0.3) is 0 Å². The van der Waals surface area contributed by atoms with E-state index in [4.69, 9.17) is 18.5 Å². The van der Waals surface area contributed by atoms with Gasteiger partial charge < -0.3 is 18.9 Å². The molecular formula is C63H111NO8P+. The maximum absolute atomic E-state index is 12.8. The van der Waals surface area contributed by atoms with Gasteiger partial charge in [-0.3, -0.25) is 18.6 Å². The van der Waals surface area contributed by atoms with Crippen molar-refractivity contribution in [2.75, 3.05) is 47.5 Å². The van der Waals surface area contributed by atoms with Gasteiger partial charge in [-0.2, -0.15) is 0 Å². The van der Waals surface area contributed by atoms with E-state index in [0.717, 1.165) is 103 Å². The van der Waals surface area contributed by atoms with E-state index in [0.29, 0.717) is 17.4 Å². The quantitative estimate of drug-likeness (QED) is 0.0211. The second-order valence-electron chi connectivity index (χ2n) is 20.6. The number of unbranched alkanes of at least 4 members (excludes halogenated alkanes) is 23. The maximum atomic E-state index is 12.8. The minimum atomic E-state index is -4.38. The topological polar surface area (TPSA) is 108 Å². The predicted molar refractivity (Wildman–Crippen MR) is 312 cm³/mol. The molecule has 420 valence electrons. The van der Waals surface area contributed by atoms with Crippen molar-refractivity contribution in [2.45, 2.75) is 245 Å². The molecule has 0 aliphatic rings. The Morgan fingerprint density at radius 1 is 0.438 bits per heavy atom. The Morgan fingerprint density at radius 2 is 0.781 bits per heavy atom. The Kier molecular flexibility index (Phi) is 51.5. The summed E-state index contributed by atoms with van der Waals surface area (Å²) >= 11 is 0. The molecule has 0 bridgehead atoms. The molecule has 0 saturated carbocycles. The van der Waals surface area contributed by atoms with Gasteiger partial charge in [0.15, 0.2) is 6.10 Å². The van der Waals surface area contributed by atoms with Crippen molar-refractivity contribution in [2.24, 2.45) is 0 Å². The molecule has 10 heteroatoms. The van der Waals surface area contributed by atoms with Crippen molar-refractivity contribution in [1.29, 1.82) is 0 Å². The van der Waals surface area contributed by atoms with E-state index in [-0.39, 0.29) is 32.0 Å². The van der Waals surface area contributed by atoms with Crippen LogP contribution in [0.15, 0.2) is 97.2 Å². The van der Waals surface area contributed by atoms with Crippen LogP contribution in [0.5, 0.6) is 0 Å². The van der Waals surface area contributed by atoms with Gasteiger partial charge in [0.2, 0.25) is 0 Å². The van der Waals surface area contributed by atoms with E-state index in [1.54, 1.807) is 0 Å². The van der Waals surface area contributed by atoms with Gasteiger partial charge in [0, 0.05) is 12.8 Å². The highest BCUT2D eigenvalue weighted by molar-refractivity contribution is 7.47. The lowest BCUT2D eigenvalue weighted by Gasteiger charge is -2.24. The first-order valence-electron chi connectivity index (χ1n) is 29.5. The van der Waals surface area contributed by atoms with Gasteiger partial charge in [-0.25, -0.2) is 4.57 Å². The molecule has 73 heavy (non-hydrogen) atoms. The molecule has 2 unspecified atom stereocenters. The van der Waals surface area contributed by atoms with Gasteiger partial charge in [-0.05, 0) is 89.9 Å². The zero-order chi connectivity index (χ0) is 53.5. The molecule has 1 N–H and O–H groups in total. The fourth-order valence-electron chi connectivity index (χ4n) is 7.82. The maximum Gasteiger partial charge on any atom is 0.472 e. The van der Waals surface area contributed by atoms with Gasteiger partial charge in [0.25, 0.3) is 0 Å².